The number of esters is 1. The number of amides is 1. The summed E-state index contributed by atoms with van der Waals surface area (Å²) in [7, 11) is 0. The van der Waals surface area contributed by atoms with Gasteiger partial charge >= 0.3 is 5.97 Å². The molecule has 2 atom stereocenters. The molecule has 0 aromatic carbocycles. The smallest absolute Gasteiger partial charge is 0.305 e. The number of rotatable bonds is 51. The summed E-state index contributed by atoms with van der Waals surface area (Å²) in [5.41, 5.74) is 0. The van der Waals surface area contributed by atoms with Gasteiger partial charge in [0.15, 0.2) is 0 Å². The Bertz CT molecular complexity index is 966. The molecule has 62 heavy (non-hydrogen) atoms. The SMILES string of the molecule is CCCCCCCCCCCCCCC/C=C/C(O)C(CO)NC(=O)CCCCC/C=C\CCCCCCCCOC(=O)CCCCCCCCCCCCCCCCCCC. The van der Waals surface area contributed by atoms with E-state index in [2.05, 4.69) is 31.3 Å². The first kappa shape index (κ1) is 60.3. The first-order valence-corrected chi connectivity index (χ1v) is 27.6. The van der Waals surface area contributed by atoms with Crippen LogP contribution < -0.4 is 5.32 Å². The fraction of sp³-hybridized carbons (Fsp3) is 0.893. The van der Waals surface area contributed by atoms with E-state index in [-0.39, 0.29) is 18.5 Å². The van der Waals surface area contributed by atoms with Crippen molar-refractivity contribution in [3.63, 3.8) is 0 Å². The molecule has 0 spiro atoms. The number of nitrogens with one attached hydrogen (secondary N) is 1. The van der Waals surface area contributed by atoms with Gasteiger partial charge in [-0.25, -0.2) is 0 Å². The standard InChI is InChI=1S/C56H107NO5/c1-3-5-7-9-11-13-15-17-19-20-22-26-30-34-38-42-46-50-56(61)62-51-47-43-39-35-31-27-23-25-29-33-37-41-45-49-55(60)57-53(52-58)54(59)48-44-40-36-32-28-24-21-18-16-14-12-10-8-6-4-2/h25,29,44,48,53-54,58-59H,3-24,26-28,30-43,45-47,49-52H2,1-2H3,(H,57,60)/b29-25-,48-44+. The van der Waals surface area contributed by atoms with Crippen LogP contribution in [0.1, 0.15) is 296 Å². The Labute approximate surface area is 386 Å². The summed E-state index contributed by atoms with van der Waals surface area (Å²) in [5.74, 6) is -0.107. The lowest BCUT2D eigenvalue weighted by molar-refractivity contribution is -0.143. The van der Waals surface area contributed by atoms with Crippen molar-refractivity contribution < 1.29 is 24.5 Å². The van der Waals surface area contributed by atoms with E-state index in [9.17, 15) is 19.8 Å². The van der Waals surface area contributed by atoms with Gasteiger partial charge in [0.2, 0.25) is 5.91 Å². The lowest BCUT2D eigenvalue weighted by Gasteiger charge is -2.19. The van der Waals surface area contributed by atoms with Gasteiger partial charge in [-0.05, 0) is 57.8 Å². The van der Waals surface area contributed by atoms with Crippen LogP contribution in [-0.2, 0) is 14.3 Å². The molecule has 366 valence electrons. The van der Waals surface area contributed by atoms with Gasteiger partial charge in [0.05, 0.1) is 25.4 Å². The zero-order valence-electron chi connectivity index (χ0n) is 41.6. The second kappa shape index (κ2) is 52.0. The molecule has 0 saturated carbocycles. The number of hydrogen-bond donors (Lipinski definition) is 3. The molecule has 0 heterocycles. The molecule has 6 heteroatoms. The van der Waals surface area contributed by atoms with E-state index >= 15 is 0 Å². The number of hydrogen-bond acceptors (Lipinski definition) is 5. The Kier molecular flexibility index (Phi) is 50.6. The number of ether oxygens (including phenoxy) is 1. The van der Waals surface area contributed by atoms with E-state index in [1.165, 1.54) is 199 Å². The molecule has 0 bridgehead atoms. The fourth-order valence-electron chi connectivity index (χ4n) is 8.45. The first-order valence-electron chi connectivity index (χ1n) is 27.6. The molecule has 0 radical (unpaired) electrons. The minimum atomic E-state index is -0.861. The van der Waals surface area contributed by atoms with Crippen LogP contribution in [0.25, 0.3) is 0 Å². The van der Waals surface area contributed by atoms with Crippen molar-refractivity contribution in [1.82, 2.24) is 5.32 Å². The average molecular weight is 874 g/mol. The highest BCUT2D eigenvalue weighted by atomic mass is 16.5. The summed E-state index contributed by atoms with van der Waals surface area (Å²) in [5, 5.41) is 23.0. The number of carbonyl (C=O) groups is 2. The van der Waals surface area contributed by atoms with E-state index in [0.29, 0.717) is 19.4 Å². The minimum absolute atomic E-state index is 0.0101. The predicted octanol–water partition coefficient (Wildman–Crippen LogP) is 16.7. The molecule has 3 N–H and O–H groups in total. The Balaban J connectivity index is 3.50. The van der Waals surface area contributed by atoms with Crippen LogP contribution in [0, 0.1) is 0 Å². The van der Waals surface area contributed by atoms with Crippen molar-refractivity contribution in [2.24, 2.45) is 0 Å². The van der Waals surface area contributed by atoms with Crippen LogP contribution in [0.2, 0.25) is 0 Å². The number of carbonyl (C=O) groups excluding carboxylic acids is 2. The summed E-state index contributed by atoms with van der Waals surface area (Å²) in [6.07, 6.45) is 61.9. The first-order chi connectivity index (χ1) is 30.5. The molecule has 0 aromatic rings. The monoisotopic (exact) mass is 874 g/mol. The second-order valence-corrected chi connectivity index (χ2v) is 18.9. The van der Waals surface area contributed by atoms with Crippen molar-refractivity contribution in [2.45, 2.75) is 309 Å². The zero-order chi connectivity index (χ0) is 45.1. The molecule has 2 unspecified atom stereocenters. The van der Waals surface area contributed by atoms with Gasteiger partial charge in [0, 0.05) is 12.8 Å². The van der Waals surface area contributed by atoms with Crippen LogP contribution in [0.3, 0.4) is 0 Å². The van der Waals surface area contributed by atoms with Crippen molar-refractivity contribution in [3.8, 4) is 0 Å². The van der Waals surface area contributed by atoms with Crippen molar-refractivity contribution >= 4 is 11.9 Å². The third-order valence-electron chi connectivity index (χ3n) is 12.7. The van der Waals surface area contributed by atoms with Crippen LogP contribution in [0.4, 0.5) is 0 Å². The number of unbranched alkanes of at least 4 members (excludes halogenated alkanes) is 38. The van der Waals surface area contributed by atoms with Crippen LogP contribution in [0.15, 0.2) is 24.3 Å². The molecular weight excluding hydrogens is 767 g/mol. The van der Waals surface area contributed by atoms with Crippen LogP contribution in [-0.4, -0.2) is 47.4 Å². The molecular formula is C56H107NO5. The Morgan fingerprint density at radius 1 is 0.435 bits per heavy atom. The lowest BCUT2D eigenvalue weighted by Crippen LogP contribution is -2.45. The molecule has 6 nitrogen and oxygen atoms in total. The van der Waals surface area contributed by atoms with E-state index in [0.717, 1.165) is 70.6 Å². The predicted molar refractivity (Wildman–Crippen MR) is 269 cm³/mol. The van der Waals surface area contributed by atoms with Gasteiger partial charge in [-0.2, -0.15) is 0 Å². The number of aliphatic hydroxyl groups excluding tert-OH is 2. The van der Waals surface area contributed by atoms with Crippen molar-refractivity contribution in [2.75, 3.05) is 13.2 Å². The third kappa shape index (κ3) is 47.8. The summed E-state index contributed by atoms with van der Waals surface area (Å²) in [6.45, 7) is 4.87. The maximum atomic E-state index is 12.4. The maximum Gasteiger partial charge on any atom is 0.305 e. The van der Waals surface area contributed by atoms with E-state index < -0.39 is 12.1 Å². The Morgan fingerprint density at radius 2 is 0.758 bits per heavy atom. The van der Waals surface area contributed by atoms with Gasteiger partial charge in [-0.3, -0.25) is 9.59 Å². The number of aliphatic hydroxyl groups is 2. The summed E-state index contributed by atoms with van der Waals surface area (Å²) < 4.78 is 5.47. The molecule has 0 aromatic heterocycles. The quantitative estimate of drug-likeness (QED) is 0.0321. The molecule has 0 saturated heterocycles. The minimum Gasteiger partial charge on any atom is -0.466 e. The molecule has 1 amide bonds. The van der Waals surface area contributed by atoms with Crippen molar-refractivity contribution in [1.29, 1.82) is 0 Å². The second-order valence-electron chi connectivity index (χ2n) is 18.9. The average Bonchev–Trinajstić information content (AvgIpc) is 3.27. The molecule has 0 aliphatic heterocycles. The molecule has 0 aliphatic carbocycles. The highest BCUT2D eigenvalue weighted by Gasteiger charge is 2.18. The van der Waals surface area contributed by atoms with E-state index in [1.807, 2.05) is 6.08 Å². The van der Waals surface area contributed by atoms with Gasteiger partial charge in [-0.15, -0.1) is 0 Å². The Morgan fingerprint density at radius 3 is 1.16 bits per heavy atom. The molecule has 0 aliphatic rings. The lowest BCUT2D eigenvalue weighted by atomic mass is 10.0. The summed E-state index contributed by atoms with van der Waals surface area (Å²) in [4.78, 5) is 24.5. The van der Waals surface area contributed by atoms with E-state index in [1.54, 1.807) is 6.08 Å². The molecule has 0 rings (SSSR count). The van der Waals surface area contributed by atoms with Gasteiger partial charge in [-0.1, -0.05) is 250 Å². The fourth-order valence-corrected chi connectivity index (χ4v) is 8.45. The summed E-state index contributed by atoms with van der Waals surface area (Å²) >= 11 is 0. The highest BCUT2D eigenvalue weighted by Crippen LogP contribution is 2.16. The topological polar surface area (TPSA) is 95.9 Å². The van der Waals surface area contributed by atoms with Gasteiger partial charge in [0.1, 0.15) is 0 Å². The largest absolute Gasteiger partial charge is 0.466 e. The van der Waals surface area contributed by atoms with Crippen LogP contribution >= 0.6 is 0 Å². The third-order valence-corrected chi connectivity index (χ3v) is 12.7. The highest BCUT2D eigenvalue weighted by molar-refractivity contribution is 5.76. The molecule has 0 fully saturated rings. The summed E-state index contributed by atoms with van der Waals surface area (Å²) in [6, 6.07) is -0.647. The van der Waals surface area contributed by atoms with Crippen molar-refractivity contribution in [3.05, 3.63) is 24.3 Å². The number of allylic oxidation sites excluding steroid dienone is 3. The van der Waals surface area contributed by atoms with Gasteiger partial charge < -0.3 is 20.3 Å². The zero-order valence-corrected chi connectivity index (χ0v) is 41.6. The normalized spacial score (nSPS) is 12.8. The Hall–Kier alpha value is -1.66. The maximum absolute atomic E-state index is 12.4. The van der Waals surface area contributed by atoms with Gasteiger partial charge in [0.25, 0.3) is 0 Å². The van der Waals surface area contributed by atoms with Crippen LogP contribution in [0.5, 0.6) is 0 Å². The van der Waals surface area contributed by atoms with E-state index in [4.69, 9.17) is 4.74 Å².